The lowest BCUT2D eigenvalue weighted by Gasteiger charge is -2.09. The summed E-state index contributed by atoms with van der Waals surface area (Å²) in [6.45, 7) is 7.14. The van der Waals surface area contributed by atoms with Gasteiger partial charge in [0, 0.05) is 12.0 Å². The van der Waals surface area contributed by atoms with Crippen LogP contribution < -0.4 is 0 Å². The van der Waals surface area contributed by atoms with Crippen LogP contribution in [0.25, 0.3) is 0 Å². The van der Waals surface area contributed by atoms with Crippen molar-refractivity contribution in [3.63, 3.8) is 0 Å². The first-order chi connectivity index (χ1) is 5.66. The van der Waals surface area contributed by atoms with Crippen LogP contribution in [-0.2, 0) is 4.74 Å². The Morgan fingerprint density at radius 3 is 2.42 bits per heavy atom. The fraction of sp³-hybridized carbons (Fsp3) is 1.00. The fourth-order valence-electron chi connectivity index (χ4n) is 1.08. The van der Waals surface area contributed by atoms with Crippen LogP contribution in [0, 0.1) is 0 Å². The number of hydrogen-bond acceptors (Lipinski definition) is 1. The van der Waals surface area contributed by atoms with Gasteiger partial charge < -0.3 is 4.74 Å². The highest BCUT2D eigenvalue weighted by atomic mass is 35.5. The van der Waals surface area contributed by atoms with E-state index in [-0.39, 0.29) is 0 Å². The summed E-state index contributed by atoms with van der Waals surface area (Å²) in [7, 11) is 0. The maximum absolute atomic E-state index is 6.04. The normalized spacial score (nSPS) is 13.8. The van der Waals surface area contributed by atoms with Crippen molar-refractivity contribution in [2.75, 3.05) is 6.61 Å². The molecule has 0 heterocycles. The third kappa shape index (κ3) is 8.35. The zero-order valence-corrected chi connectivity index (χ0v) is 9.23. The molecule has 0 spiro atoms. The minimum atomic E-state index is 0.352. The molecule has 1 unspecified atom stereocenters. The largest absolute Gasteiger partial charge is 0.379 e. The van der Waals surface area contributed by atoms with Gasteiger partial charge in [-0.05, 0) is 33.1 Å². The van der Waals surface area contributed by atoms with Crippen LogP contribution in [0.15, 0.2) is 0 Å². The molecule has 2 heteroatoms. The van der Waals surface area contributed by atoms with Crippen LogP contribution in [0.2, 0.25) is 0 Å². The van der Waals surface area contributed by atoms with Crippen molar-refractivity contribution in [3.05, 3.63) is 0 Å². The zero-order valence-electron chi connectivity index (χ0n) is 8.48. The first kappa shape index (κ1) is 12.2. The third-order valence-corrected chi connectivity index (χ3v) is 2.15. The number of alkyl halides is 1. The molecular weight excluding hydrogens is 172 g/mol. The molecule has 1 nitrogen and oxygen atoms in total. The Kier molecular flexibility index (Phi) is 8.04. The van der Waals surface area contributed by atoms with Gasteiger partial charge in [-0.2, -0.15) is 0 Å². The Labute approximate surface area is 81.4 Å². The second-order valence-corrected chi connectivity index (χ2v) is 4.06. The SMILES string of the molecule is CCCC(Cl)CCCOC(C)C. The highest BCUT2D eigenvalue weighted by Gasteiger charge is 2.02. The lowest BCUT2D eigenvalue weighted by atomic mass is 10.1. The fourth-order valence-corrected chi connectivity index (χ4v) is 1.45. The first-order valence-corrected chi connectivity index (χ1v) is 5.36. The molecule has 0 saturated carbocycles. The molecule has 0 aliphatic rings. The van der Waals surface area contributed by atoms with Crippen LogP contribution in [0.1, 0.15) is 46.5 Å². The quantitative estimate of drug-likeness (QED) is 0.443. The van der Waals surface area contributed by atoms with Gasteiger partial charge in [-0.25, -0.2) is 0 Å². The van der Waals surface area contributed by atoms with Crippen LogP contribution in [0.4, 0.5) is 0 Å². The van der Waals surface area contributed by atoms with Gasteiger partial charge in [0.15, 0.2) is 0 Å². The average Bonchev–Trinajstić information content (AvgIpc) is 1.98. The molecule has 0 fully saturated rings. The summed E-state index contributed by atoms with van der Waals surface area (Å²) in [6.07, 6.45) is 4.83. The molecule has 0 aromatic carbocycles. The number of ether oxygens (including phenoxy) is 1. The topological polar surface area (TPSA) is 9.23 Å². The van der Waals surface area contributed by atoms with E-state index >= 15 is 0 Å². The molecule has 0 rings (SSSR count). The van der Waals surface area contributed by atoms with Gasteiger partial charge >= 0.3 is 0 Å². The Bertz CT molecular complexity index is 93.8. The van der Waals surface area contributed by atoms with E-state index in [4.69, 9.17) is 16.3 Å². The minimum absolute atomic E-state index is 0.352. The summed E-state index contributed by atoms with van der Waals surface area (Å²) >= 11 is 6.04. The van der Waals surface area contributed by atoms with E-state index in [1.165, 1.54) is 6.42 Å². The van der Waals surface area contributed by atoms with Gasteiger partial charge in [0.05, 0.1) is 6.10 Å². The number of rotatable bonds is 7. The number of halogens is 1. The standard InChI is InChI=1S/C10H21ClO/c1-4-6-10(11)7-5-8-12-9(2)3/h9-10H,4-8H2,1-3H3. The molecular formula is C10H21ClO. The van der Waals surface area contributed by atoms with E-state index in [0.29, 0.717) is 11.5 Å². The smallest absolute Gasteiger partial charge is 0.0518 e. The summed E-state index contributed by atoms with van der Waals surface area (Å²) in [6, 6.07) is 0. The van der Waals surface area contributed by atoms with E-state index < -0.39 is 0 Å². The van der Waals surface area contributed by atoms with Crippen molar-refractivity contribution in [2.24, 2.45) is 0 Å². The van der Waals surface area contributed by atoms with Crippen molar-refractivity contribution >= 4 is 11.6 Å². The minimum Gasteiger partial charge on any atom is -0.379 e. The first-order valence-electron chi connectivity index (χ1n) is 4.92. The van der Waals surface area contributed by atoms with Crippen LogP contribution in [0.3, 0.4) is 0 Å². The van der Waals surface area contributed by atoms with Gasteiger partial charge in [0.25, 0.3) is 0 Å². The summed E-state index contributed by atoms with van der Waals surface area (Å²) in [5.41, 5.74) is 0. The molecule has 0 aromatic heterocycles. The molecule has 0 aliphatic carbocycles. The van der Waals surface area contributed by atoms with Gasteiger partial charge in [0.2, 0.25) is 0 Å². The van der Waals surface area contributed by atoms with Gasteiger partial charge in [-0.3, -0.25) is 0 Å². The van der Waals surface area contributed by atoms with Gasteiger partial charge in [0.1, 0.15) is 0 Å². The van der Waals surface area contributed by atoms with E-state index in [2.05, 4.69) is 20.8 Å². The van der Waals surface area contributed by atoms with Gasteiger partial charge in [-0.15, -0.1) is 11.6 Å². The second kappa shape index (κ2) is 7.88. The Balaban J connectivity index is 3.08. The predicted octanol–water partition coefficient (Wildman–Crippen LogP) is 3.60. The van der Waals surface area contributed by atoms with Crippen LogP contribution >= 0.6 is 11.6 Å². The molecule has 0 saturated heterocycles. The lowest BCUT2D eigenvalue weighted by molar-refractivity contribution is 0.0758. The highest BCUT2D eigenvalue weighted by molar-refractivity contribution is 6.20. The monoisotopic (exact) mass is 192 g/mol. The Morgan fingerprint density at radius 2 is 1.92 bits per heavy atom. The maximum atomic E-state index is 6.04. The van der Waals surface area contributed by atoms with Crippen LogP contribution in [-0.4, -0.2) is 18.1 Å². The van der Waals surface area contributed by atoms with E-state index in [9.17, 15) is 0 Å². The van der Waals surface area contributed by atoms with Crippen molar-refractivity contribution < 1.29 is 4.74 Å². The van der Waals surface area contributed by atoms with E-state index in [1.807, 2.05) is 0 Å². The Hall–Kier alpha value is 0.250. The molecule has 0 aromatic rings. The summed E-state index contributed by atoms with van der Waals surface area (Å²) in [4.78, 5) is 0. The second-order valence-electron chi connectivity index (χ2n) is 3.45. The van der Waals surface area contributed by atoms with E-state index in [1.54, 1.807) is 0 Å². The average molecular weight is 193 g/mol. The summed E-state index contributed by atoms with van der Waals surface area (Å²) in [5.74, 6) is 0. The molecule has 0 radical (unpaired) electrons. The summed E-state index contributed by atoms with van der Waals surface area (Å²) < 4.78 is 5.41. The maximum Gasteiger partial charge on any atom is 0.0518 e. The van der Waals surface area contributed by atoms with E-state index in [0.717, 1.165) is 25.9 Å². The third-order valence-electron chi connectivity index (χ3n) is 1.71. The highest BCUT2D eigenvalue weighted by Crippen LogP contribution is 2.11. The summed E-state index contributed by atoms with van der Waals surface area (Å²) in [5, 5.41) is 0.353. The molecule has 1 atom stereocenters. The molecule has 12 heavy (non-hydrogen) atoms. The van der Waals surface area contributed by atoms with Crippen molar-refractivity contribution in [1.82, 2.24) is 0 Å². The van der Waals surface area contributed by atoms with Crippen molar-refractivity contribution in [1.29, 1.82) is 0 Å². The zero-order chi connectivity index (χ0) is 9.40. The molecule has 0 N–H and O–H groups in total. The van der Waals surface area contributed by atoms with Crippen molar-refractivity contribution in [2.45, 2.75) is 57.9 Å². The lowest BCUT2D eigenvalue weighted by Crippen LogP contribution is -2.06. The van der Waals surface area contributed by atoms with Crippen LogP contribution in [0.5, 0.6) is 0 Å². The van der Waals surface area contributed by atoms with Crippen molar-refractivity contribution in [3.8, 4) is 0 Å². The molecule has 0 bridgehead atoms. The molecule has 0 amide bonds. The number of hydrogen-bond donors (Lipinski definition) is 0. The molecule has 0 aliphatic heterocycles. The Morgan fingerprint density at radius 1 is 1.25 bits per heavy atom. The van der Waals surface area contributed by atoms with Gasteiger partial charge in [-0.1, -0.05) is 13.3 Å². The molecule has 74 valence electrons. The predicted molar refractivity (Wildman–Crippen MR) is 54.9 cm³/mol.